The van der Waals surface area contributed by atoms with Gasteiger partial charge in [0.2, 0.25) is 5.91 Å². The molecule has 0 saturated carbocycles. The third kappa shape index (κ3) is 4.40. The number of nitrogens with two attached hydrogens (primary N) is 1. The molecule has 0 unspecified atom stereocenters. The van der Waals surface area contributed by atoms with Gasteiger partial charge in [-0.2, -0.15) is 0 Å². The molecule has 7 heteroatoms. The summed E-state index contributed by atoms with van der Waals surface area (Å²) in [5, 5.41) is 0. The quantitative estimate of drug-likeness (QED) is 0.807. The number of primary amides is 1. The molecule has 1 heterocycles. The van der Waals surface area contributed by atoms with Crippen LogP contribution in [0.5, 0.6) is 5.75 Å². The number of nitrogens with zero attached hydrogens (tertiary/aromatic N) is 1. The second-order valence-corrected chi connectivity index (χ2v) is 5.75. The van der Waals surface area contributed by atoms with Crippen molar-refractivity contribution in [2.45, 2.75) is 18.6 Å². The van der Waals surface area contributed by atoms with Gasteiger partial charge >= 0.3 is 0 Å². The van der Waals surface area contributed by atoms with Crippen LogP contribution >= 0.6 is 0 Å². The first-order valence-corrected chi connectivity index (χ1v) is 7.44. The lowest BCUT2D eigenvalue weighted by Crippen LogP contribution is -2.55. The van der Waals surface area contributed by atoms with E-state index >= 15 is 0 Å². The normalized spacial score (nSPS) is 22.0. The number of hydrogen-bond acceptors (Lipinski definition) is 5. The molecule has 0 aliphatic carbocycles. The van der Waals surface area contributed by atoms with E-state index in [2.05, 4.69) is 0 Å². The SMILES string of the molecule is COC[C@@]1(CC(N)=O)CN(Cc2cccc(OC)c2F)CCO1. The highest BCUT2D eigenvalue weighted by Gasteiger charge is 2.38. The monoisotopic (exact) mass is 326 g/mol. The molecule has 1 aromatic carbocycles. The van der Waals surface area contributed by atoms with E-state index in [1.54, 1.807) is 25.3 Å². The van der Waals surface area contributed by atoms with Crippen LogP contribution in [-0.2, 0) is 20.8 Å². The van der Waals surface area contributed by atoms with Crippen molar-refractivity contribution in [1.82, 2.24) is 4.90 Å². The maximum Gasteiger partial charge on any atom is 0.220 e. The zero-order valence-electron chi connectivity index (χ0n) is 13.5. The van der Waals surface area contributed by atoms with Gasteiger partial charge in [0, 0.05) is 32.3 Å². The Bertz CT molecular complexity index is 551. The summed E-state index contributed by atoms with van der Waals surface area (Å²) < 4.78 is 30.3. The van der Waals surface area contributed by atoms with Gasteiger partial charge in [-0.1, -0.05) is 12.1 Å². The topological polar surface area (TPSA) is 74.0 Å². The number of amides is 1. The van der Waals surface area contributed by atoms with Crippen LogP contribution in [0.2, 0.25) is 0 Å². The van der Waals surface area contributed by atoms with Crippen LogP contribution in [0.15, 0.2) is 18.2 Å². The lowest BCUT2D eigenvalue weighted by molar-refractivity contribution is -0.154. The van der Waals surface area contributed by atoms with Gasteiger partial charge in [-0.3, -0.25) is 9.69 Å². The van der Waals surface area contributed by atoms with Crippen LogP contribution in [0.4, 0.5) is 4.39 Å². The van der Waals surface area contributed by atoms with Crippen LogP contribution in [-0.4, -0.2) is 56.9 Å². The summed E-state index contributed by atoms with van der Waals surface area (Å²) in [6, 6.07) is 5.06. The van der Waals surface area contributed by atoms with Gasteiger partial charge < -0.3 is 19.9 Å². The Morgan fingerprint density at radius 2 is 2.26 bits per heavy atom. The van der Waals surface area contributed by atoms with Crippen LogP contribution < -0.4 is 10.5 Å². The number of carbonyl (C=O) groups is 1. The second-order valence-electron chi connectivity index (χ2n) is 5.75. The average Bonchev–Trinajstić information content (AvgIpc) is 2.49. The van der Waals surface area contributed by atoms with E-state index in [4.69, 9.17) is 19.9 Å². The number of morpholine rings is 1. The molecule has 1 amide bonds. The zero-order valence-corrected chi connectivity index (χ0v) is 13.5. The van der Waals surface area contributed by atoms with E-state index in [-0.39, 0.29) is 24.6 Å². The molecule has 1 aliphatic heterocycles. The van der Waals surface area contributed by atoms with Crippen molar-refractivity contribution in [1.29, 1.82) is 0 Å². The fraction of sp³-hybridized carbons (Fsp3) is 0.562. The first-order valence-electron chi connectivity index (χ1n) is 7.44. The van der Waals surface area contributed by atoms with E-state index in [9.17, 15) is 9.18 Å². The van der Waals surface area contributed by atoms with Gasteiger partial charge in [0.25, 0.3) is 0 Å². The Morgan fingerprint density at radius 1 is 1.48 bits per heavy atom. The summed E-state index contributed by atoms with van der Waals surface area (Å²) in [5.74, 6) is -0.596. The van der Waals surface area contributed by atoms with E-state index in [1.165, 1.54) is 7.11 Å². The number of ether oxygens (including phenoxy) is 3. The molecule has 2 rings (SSSR count). The summed E-state index contributed by atoms with van der Waals surface area (Å²) in [6.45, 7) is 2.17. The van der Waals surface area contributed by atoms with E-state index in [0.717, 1.165) is 0 Å². The number of halogens is 1. The molecule has 1 atom stereocenters. The second kappa shape index (κ2) is 7.72. The predicted molar refractivity (Wildman–Crippen MR) is 82.6 cm³/mol. The smallest absolute Gasteiger partial charge is 0.220 e. The van der Waals surface area contributed by atoms with E-state index in [1.807, 2.05) is 4.90 Å². The third-order valence-electron chi connectivity index (χ3n) is 3.89. The van der Waals surface area contributed by atoms with Gasteiger partial charge in [0.1, 0.15) is 5.60 Å². The summed E-state index contributed by atoms with van der Waals surface area (Å²) in [6.07, 6.45) is 0.0674. The molecule has 2 N–H and O–H groups in total. The average molecular weight is 326 g/mol. The van der Waals surface area contributed by atoms with Gasteiger partial charge in [0.15, 0.2) is 11.6 Å². The predicted octanol–water partition coefficient (Wildman–Crippen LogP) is 0.927. The van der Waals surface area contributed by atoms with Gasteiger partial charge in [-0.25, -0.2) is 4.39 Å². The van der Waals surface area contributed by atoms with Gasteiger partial charge in [0.05, 0.1) is 26.7 Å². The highest BCUT2D eigenvalue weighted by atomic mass is 19.1. The fourth-order valence-electron chi connectivity index (χ4n) is 2.96. The minimum atomic E-state index is -0.784. The van der Waals surface area contributed by atoms with Crippen molar-refractivity contribution in [3.05, 3.63) is 29.6 Å². The lowest BCUT2D eigenvalue weighted by Gasteiger charge is -2.41. The number of rotatable bonds is 7. The maximum absolute atomic E-state index is 14.3. The largest absolute Gasteiger partial charge is 0.494 e. The highest BCUT2D eigenvalue weighted by Crippen LogP contribution is 2.26. The van der Waals surface area contributed by atoms with Gasteiger partial charge in [-0.05, 0) is 6.07 Å². The number of methoxy groups -OCH3 is 2. The van der Waals surface area contributed by atoms with Crippen molar-refractivity contribution in [2.75, 3.05) is 40.5 Å². The Balaban J connectivity index is 2.13. The molecule has 0 bridgehead atoms. The first kappa shape index (κ1) is 17.7. The highest BCUT2D eigenvalue weighted by molar-refractivity contribution is 5.75. The number of carbonyl (C=O) groups excluding carboxylic acids is 1. The summed E-state index contributed by atoms with van der Waals surface area (Å²) in [5.41, 5.74) is 5.08. The first-order chi connectivity index (χ1) is 11.0. The van der Waals surface area contributed by atoms with E-state index in [0.29, 0.717) is 31.8 Å². The minimum absolute atomic E-state index is 0.0674. The Morgan fingerprint density at radius 3 is 2.91 bits per heavy atom. The molecule has 6 nitrogen and oxygen atoms in total. The van der Waals surface area contributed by atoms with Crippen molar-refractivity contribution < 1.29 is 23.4 Å². The standard InChI is InChI=1S/C16H23FN2O4/c1-21-11-16(8-14(18)20)10-19(6-7-23-16)9-12-4-3-5-13(22-2)15(12)17/h3-5H,6-11H2,1-2H3,(H2,18,20)/t16-/m1/s1. The van der Waals surface area contributed by atoms with Gasteiger partial charge in [-0.15, -0.1) is 0 Å². The molecule has 0 radical (unpaired) electrons. The fourth-order valence-corrected chi connectivity index (χ4v) is 2.96. The summed E-state index contributed by atoms with van der Waals surface area (Å²) in [7, 11) is 2.99. The summed E-state index contributed by atoms with van der Waals surface area (Å²) in [4.78, 5) is 13.4. The van der Waals surface area contributed by atoms with Crippen LogP contribution in [0, 0.1) is 5.82 Å². The molecule has 128 valence electrons. The number of benzene rings is 1. The molecule has 1 fully saturated rings. The van der Waals surface area contributed by atoms with Crippen molar-refractivity contribution >= 4 is 5.91 Å². The summed E-state index contributed by atoms with van der Waals surface area (Å²) >= 11 is 0. The lowest BCUT2D eigenvalue weighted by atomic mass is 9.97. The molecular weight excluding hydrogens is 303 g/mol. The van der Waals surface area contributed by atoms with Crippen molar-refractivity contribution in [3.63, 3.8) is 0 Å². The van der Waals surface area contributed by atoms with Crippen molar-refractivity contribution in [3.8, 4) is 5.75 Å². The Hall–Kier alpha value is -1.70. The third-order valence-corrected chi connectivity index (χ3v) is 3.89. The Labute approximate surface area is 135 Å². The van der Waals surface area contributed by atoms with Crippen LogP contribution in [0.3, 0.4) is 0 Å². The van der Waals surface area contributed by atoms with Crippen LogP contribution in [0.1, 0.15) is 12.0 Å². The molecule has 0 spiro atoms. The molecular formula is C16H23FN2O4. The van der Waals surface area contributed by atoms with E-state index < -0.39 is 11.5 Å². The number of hydrogen-bond donors (Lipinski definition) is 1. The molecule has 23 heavy (non-hydrogen) atoms. The zero-order chi connectivity index (χ0) is 16.9. The van der Waals surface area contributed by atoms with Crippen LogP contribution in [0.25, 0.3) is 0 Å². The molecule has 1 saturated heterocycles. The molecule has 1 aliphatic rings. The van der Waals surface area contributed by atoms with Crippen molar-refractivity contribution in [2.24, 2.45) is 5.73 Å². The maximum atomic E-state index is 14.3. The molecule has 0 aromatic heterocycles. The molecule has 1 aromatic rings. The Kier molecular flexibility index (Phi) is 5.92. The minimum Gasteiger partial charge on any atom is -0.494 e.